The van der Waals surface area contributed by atoms with Crippen molar-refractivity contribution in [3.8, 4) is 55.6 Å². The van der Waals surface area contributed by atoms with Gasteiger partial charge in [-0.1, -0.05) is 224 Å². The molecule has 0 aliphatic heterocycles. The van der Waals surface area contributed by atoms with E-state index >= 15 is 0 Å². The van der Waals surface area contributed by atoms with Crippen LogP contribution in [0.4, 0.5) is 17.1 Å². The summed E-state index contributed by atoms with van der Waals surface area (Å²) < 4.78 is 0. The summed E-state index contributed by atoms with van der Waals surface area (Å²) in [4.78, 5) is 2.49. The minimum absolute atomic E-state index is 0.314. The van der Waals surface area contributed by atoms with E-state index in [1.54, 1.807) is 0 Å². The van der Waals surface area contributed by atoms with Gasteiger partial charge in [-0.25, -0.2) is 0 Å². The third kappa shape index (κ3) is 6.46. The molecule has 312 valence electrons. The number of rotatable bonds is 8. The lowest BCUT2D eigenvalue weighted by Crippen LogP contribution is -2.22. The van der Waals surface area contributed by atoms with Gasteiger partial charge in [0.25, 0.3) is 0 Å². The van der Waals surface area contributed by atoms with Crippen molar-refractivity contribution in [2.24, 2.45) is 0 Å². The Bertz CT molecular complexity index is 3600. The molecular weight excluding hydrogens is 795 g/mol. The largest absolute Gasteiger partial charge is 0.309 e. The van der Waals surface area contributed by atoms with Crippen LogP contribution in [-0.4, -0.2) is 0 Å². The smallest absolute Gasteiger partial charge is 0.0540 e. The van der Waals surface area contributed by atoms with Gasteiger partial charge < -0.3 is 4.90 Å². The summed E-state index contributed by atoms with van der Waals surface area (Å²) >= 11 is 0. The first kappa shape index (κ1) is 39.3. The molecule has 0 amide bonds. The zero-order valence-electron chi connectivity index (χ0n) is 37.1. The van der Waals surface area contributed by atoms with Gasteiger partial charge in [0.05, 0.1) is 11.4 Å². The average molecular weight is 842 g/mol. The number of aryl methyl sites for hydroxylation is 1. The fraction of sp³-hybridized carbons (Fsp3) is 0.0462. The van der Waals surface area contributed by atoms with Crippen LogP contribution in [0.15, 0.2) is 249 Å². The van der Waals surface area contributed by atoms with E-state index in [-0.39, 0.29) is 5.41 Å². The van der Waals surface area contributed by atoms with Gasteiger partial charge in [0.2, 0.25) is 0 Å². The van der Waals surface area contributed by atoms with Gasteiger partial charge >= 0.3 is 0 Å². The van der Waals surface area contributed by atoms with Crippen molar-refractivity contribution in [2.45, 2.75) is 19.3 Å². The van der Waals surface area contributed by atoms with Crippen molar-refractivity contribution in [3.63, 3.8) is 0 Å². The summed E-state index contributed by atoms with van der Waals surface area (Å²) in [6.07, 6.45) is 0. The van der Waals surface area contributed by atoms with Crippen LogP contribution < -0.4 is 4.90 Å². The monoisotopic (exact) mass is 841 g/mol. The molecule has 1 aliphatic carbocycles. The summed E-state index contributed by atoms with van der Waals surface area (Å²) in [5, 5.41) is 4.97. The molecule has 0 bridgehead atoms. The van der Waals surface area contributed by atoms with E-state index in [0.29, 0.717) is 0 Å². The molecule has 1 nitrogen and oxygen atoms in total. The van der Waals surface area contributed by atoms with Gasteiger partial charge in [-0.3, -0.25) is 0 Å². The number of para-hydroxylation sites is 2. The Morgan fingerprint density at radius 1 is 0.333 bits per heavy atom. The fourth-order valence-corrected chi connectivity index (χ4v) is 10.8. The molecule has 1 unspecified atom stereocenters. The van der Waals surface area contributed by atoms with Crippen LogP contribution in [0, 0.1) is 6.92 Å². The van der Waals surface area contributed by atoms with Crippen molar-refractivity contribution in [2.75, 3.05) is 4.90 Å². The lowest BCUT2D eigenvalue weighted by molar-refractivity contribution is 0.714. The molecule has 0 radical (unpaired) electrons. The number of anilines is 3. The summed E-state index contributed by atoms with van der Waals surface area (Å²) in [5.41, 5.74) is 20.4. The lowest BCUT2D eigenvalue weighted by Gasteiger charge is -2.31. The zero-order valence-corrected chi connectivity index (χ0v) is 37.1. The zero-order chi connectivity index (χ0) is 44.2. The van der Waals surface area contributed by atoms with E-state index in [1.807, 2.05) is 0 Å². The molecule has 0 N–H and O–H groups in total. The Labute approximate surface area is 387 Å². The van der Waals surface area contributed by atoms with Crippen LogP contribution >= 0.6 is 0 Å². The van der Waals surface area contributed by atoms with Crippen LogP contribution in [0.25, 0.3) is 77.2 Å². The second-order valence-electron chi connectivity index (χ2n) is 17.8. The van der Waals surface area contributed by atoms with E-state index in [1.165, 1.54) is 88.3 Å². The van der Waals surface area contributed by atoms with E-state index < -0.39 is 0 Å². The highest BCUT2D eigenvalue weighted by atomic mass is 15.1. The highest BCUT2D eigenvalue weighted by molar-refractivity contribution is 6.09. The third-order valence-electron chi connectivity index (χ3n) is 14.0. The summed E-state index contributed by atoms with van der Waals surface area (Å²) in [7, 11) is 0. The van der Waals surface area contributed by atoms with Gasteiger partial charge in [0.15, 0.2) is 0 Å². The SMILES string of the molecule is Cc1ccc2cccc(-c3ccc(N(c4ccccc4-c4ccc5c(c4)C(C)(c4ccccc4)c4ccccc4-5)c4ccccc4-c4cccc5cccc(-c6ccccc6)c45)cc3)c2c1. The highest BCUT2D eigenvalue weighted by Gasteiger charge is 2.41. The molecule has 11 aromatic carbocycles. The molecule has 12 rings (SSSR count). The molecule has 0 spiro atoms. The van der Waals surface area contributed by atoms with E-state index in [9.17, 15) is 0 Å². The molecule has 1 atom stereocenters. The maximum atomic E-state index is 2.49. The standard InChI is InChI=1S/C65H47N/c1-44-34-35-46-20-15-28-52(59(46)42-44)47-36-39-51(40-37-47)66(63-33-14-11-27-57(63)58-30-17-22-48-21-16-29-54(64(48)58)45-18-5-3-6-19-45)62-32-13-10-25-53(62)49-38-41-56-55-26-9-12-31-60(55)65(2,61(56)43-49)50-23-7-4-8-24-50/h3-43H,1-2H3. The number of nitrogens with zero attached hydrogens (tertiary/aromatic N) is 1. The van der Waals surface area contributed by atoms with Gasteiger partial charge in [-0.2, -0.15) is 0 Å². The van der Waals surface area contributed by atoms with Gasteiger partial charge in [0, 0.05) is 22.2 Å². The minimum atomic E-state index is -0.314. The predicted molar refractivity (Wildman–Crippen MR) is 280 cm³/mol. The van der Waals surface area contributed by atoms with Gasteiger partial charge in [-0.05, 0) is 127 Å². The molecule has 0 aromatic heterocycles. The van der Waals surface area contributed by atoms with E-state index in [2.05, 4.69) is 267 Å². The molecule has 11 aromatic rings. The Hall–Kier alpha value is -8.26. The number of hydrogen-bond acceptors (Lipinski definition) is 1. The Morgan fingerprint density at radius 2 is 0.879 bits per heavy atom. The summed E-state index contributed by atoms with van der Waals surface area (Å²) in [5.74, 6) is 0. The van der Waals surface area contributed by atoms with E-state index in [0.717, 1.165) is 28.2 Å². The average Bonchev–Trinajstić information content (AvgIpc) is 3.64. The van der Waals surface area contributed by atoms with Crippen LogP contribution in [0.5, 0.6) is 0 Å². The van der Waals surface area contributed by atoms with Crippen molar-refractivity contribution in [3.05, 3.63) is 271 Å². The Kier molecular flexibility index (Phi) is 9.58. The molecule has 66 heavy (non-hydrogen) atoms. The molecular formula is C65H47N. The van der Waals surface area contributed by atoms with Crippen LogP contribution in [0.2, 0.25) is 0 Å². The quantitative estimate of drug-likeness (QED) is 0.147. The first-order valence-electron chi connectivity index (χ1n) is 23.0. The van der Waals surface area contributed by atoms with Gasteiger partial charge in [-0.15, -0.1) is 0 Å². The molecule has 0 saturated carbocycles. The van der Waals surface area contributed by atoms with E-state index in [4.69, 9.17) is 0 Å². The highest BCUT2D eigenvalue weighted by Crippen LogP contribution is 2.54. The third-order valence-corrected chi connectivity index (χ3v) is 14.0. The normalized spacial score (nSPS) is 14.0. The summed E-state index contributed by atoms with van der Waals surface area (Å²) in [6.45, 7) is 4.57. The second-order valence-corrected chi connectivity index (χ2v) is 17.8. The fourth-order valence-electron chi connectivity index (χ4n) is 10.8. The molecule has 1 aliphatic rings. The molecule has 0 heterocycles. The topological polar surface area (TPSA) is 3.24 Å². The maximum absolute atomic E-state index is 2.49. The second kappa shape index (κ2) is 16.1. The predicted octanol–water partition coefficient (Wildman–Crippen LogP) is 17.8. The Morgan fingerprint density at radius 3 is 1.64 bits per heavy atom. The van der Waals surface area contributed by atoms with Crippen LogP contribution in [-0.2, 0) is 5.41 Å². The first-order chi connectivity index (χ1) is 32.5. The molecule has 0 fully saturated rings. The van der Waals surface area contributed by atoms with Crippen LogP contribution in [0.1, 0.15) is 29.2 Å². The molecule has 0 saturated heterocycles. The molecule has 1 heteroatoms. The van der Waals surface area contributed by atoms with Crippen molar-refractivity contribution in [1.29, 1.82) is 0 Å². The van der Waals surface area contributed by atoms with Crippen molar-refractivity contribution < 1.29 is 0 Å². The number of fused-ring (bicyclic) bond motifs is 5. The van der Waals surface area contributed by atoms with Crippen molar-refractivity contribution in [1.82, 2.24) is 0 Å². The number of benzene rings is 11. The first-order valence-corrected chi connectivity index (χ1v) is 23.0. The maximum Gasteiger partial charge on any atom is 0.0540 e. The Balaban J connectivity index is 1.08. The van der Waals surface area contributed by atoms with Crippen LogP contribution in [0.3, 0.4) is 0 Å². The lowest BCUT2D eigenvalue weighted by atomic mass is 9.74. The van der Waals surface area contributed by atoms with Gasteiger partial charge in [0.1, 0.15) is 0 Å². The van der Waals surface area contributed by atoms with Crippen molar-refractivity contribution >= 4 is 38.6 Å². The summed E-state index contributed by atoms with van der Waals surface area (Å²) in [6, 6.07) is 91.8. The number of hydrogen-bond donors (Lipinski definition) is 0. The minimum Gasteiger partial charge on any atom is -0.309 e.